The normalized spacial score (nSPS) is 25.2. The van der Waals surface area contributed by atoms with Gasteiger partial charge in [-0.25, -0.2) is 4.98 Å². The number of hydrogen-bond donors (Lipinski definition) is 2. The van der Waals surface area contributed by atoms with Gasteiger partial charge in [-0.2, -0.15) is 4.98 Å². The van der Waals surface area contributed by atoms with E-state index in [-0.39, 0.29) is 12.0 Å². The maximum Gasteiger partial charge on any atom is 0.222 e. The predicted octanol–water partition coefficient (Wildman–Crippen LogP) is 3.73. The fraction of sp³-hybridized carbons (Fsp3) is 0.565. The highest BCUT2D eigenvalue weighted by molar-refractivity contribution is 6.31. The molecular weight excluding hydrogens is 414 g/mol. The SMILES string of the molecule is Cc1cc(N2CCCOCC2c2ccc(N3CCCC[C@](C)(O)C3)cc2Cl)nc(N)n1. The van der Waals surface area contributed by atoms with Gasteiger partial charge in [-0.1, -0.05) is 17.7 Å². The van der Waals surface area contributed by atoms with E-state index in [1.807, 2.05) is 26.0 Å². The van der Waals surface area contributed by atoms with Crippen molar-refractivity contribution in [1.29, 1.82) is 0 Å². The lowest BCUT2D eigenvalue weighted by Gasteiger charge is -2.33. The number of rotatable bonds is 3. The number of halogens is 1. The van der Waals surface area contributed by atoms with Crippen molar-refractivity contribution in [2.24, 2.45) is 0 Å². The van der Waals surface area contributed by atoms with Crippen LogP contribution in [-0.4, -0.2) is 53.5 Å². The molecule has 2 fully saturated rings. The molecule has 31 heavy (non-hydrogen) atoms. The van der Waals surface area contributed by atoms with Crippen LogP contribution in [0.4, 0.5) is 17.5 Å². The second-order valence-corrected chi connectivity index (χ2v) is 9.35. The molecule has 2 atom stereocenters. The van der Waals surface area contributed by atoms with Gasteiger partial charge >= 0.3 is 0 Å². The number of nitrogen functional groups attached to an aromatic ring is 1. The molecule has 0 radical (unpaired) electrons. The zero-order valence-electron chi connectivity index (χ0n) is 18.4. The standard InChI is InChI=1S/C23H32ClN5O2/c1-16-12-21(27-22(25)26-16)29-10-5-11-31-14-20(29)18-7-6-17(13-19(18)24)28-9-4-3-8-23(2,30)15-28/h6-7,12-13,20,30H,3-5,8-11,14-15H2,1-2H3,(H2,25,26,27)/t20?,23-/m0/s1. The van der Waals surface area contributed by atoms with Gasteiger partial charge in [0.05, 0.1) is 18.2 Å². The molecule has 2 aromatic rings. The first-order valence-electron chi connectivity index (χ1n) is 11.0. The lowest BCUT2D eigenvalue weighted by atomic mass is 10.0. The topological polar surface area (TPSA) is 87.7 Å². The minimum absolute atomic E-state index is 0.0648. The zero-order valence-corrected chi connectivity index (χ0v) is 19.1. The van der Waals surface area contributed by atoms with Crippen molar-refractivity contribution in [3.8, 4) is 0 Å². The third kappa shape index (κ3) is 5.22. The molecule has 0 saturated carbocycles. The van der Waals surface area contributed by atoms with Gasteiger partial charge < -0.3 is 25.4 Å². The number of aromatic nitrogens is 2. The molecule has 1 unspecified atom stereocenters. The Bertz CT molecular complexity index is 903. The summed E-state index contributed by atoms with van der Waals surface area (Å²) in [5, 5.41) is 11.3. The number of nitrogens with zero attached hydrogens (tertiary/aromatic N) is 4. The number of hydrogen-bond acceptors (Lipinski definition) is 7. The summed E-state index contributed by atoms with van der Waals surface area (Å²) in [4.78, 5) is 13.1. The monoisotopic (exact) mass is 445 g/mol. The van der Waals surface area contributed by atoms with Gasteiger partial charge in [0.1, 0.15) is 5.82 Å². The van der Waals surface area contributed by atoms with Crippen molar-refractivity contribution in [2.75, 3.05) is 48.4 Å². The molecule has 3 N–H and O–H groups in total. The number of aryl methyl sites for hydroxylation is 1. The number of ether oxygens (including phenoxy) is 1. The minimum Gasteiger partial charge on any atom is -0.388 e. The molecule has 1 aromatic heterocycles. The Morgan fingerprint density at radius 3 is 2.81 bits per heavy atom. The number of β-amino-alcohol motifs (C(OH)–C–C–N with tert-alkyl or cyclic N) is 1. The number of aliphatic hydroxyl groups is 1. The highest BCUT2D eigenvalue weighted by Gasteiger charge is 2.29. The molecule has 2 aliphatic heterocycles. The minimum atomic E-state index is -0.682. The molecule has 3 heterocycles. The number of nitrogens with two attached hydrogens (primary N) is 1. The van der Waals surface area contributed by atoms with Crippen LogP contribution in [0.3, 0.4) is 0 Å². The Labute approximate surface area is 189 Å². The average molecular weight is 446 g/mol. The van der Waals surface area contributed by atoms with E-state index in [9.17, 15) is 5.11 Å². The maximum absolute atomic E-state index is 10.6. The molecule has 2 saturated heterocycles. The van der Waals surface area contributed by atoms with Gasteiger partial charge in [0, 0.05) is 48.7 Å². The summed E-state index contributed by atoms with van der Waals surface area (Å²) in [5.74, 6) is 1.07. The first-order chi connectivity index (χ1) is 14.8. The zero-order chi connectivity index (χ0) is 22.0. The van der Waals surface area contributed by atoms with Crippen molar-refractivity contribution >= 4 is 29.1 Å². The first-order valence-corrected chi connectivity index (χ1v) is 11.4. The van der Waals surface area contributed by atoms with Crippen LogP contribution in [0.25, 0.3) is 0 Å². The first kappa shape index (κ1) is 22.1. The molecule has 1 aromatic carbocycles. The largest absolute Gasteiger partial charge is 0.388 e. The Morgan fingerprint density at radius 2 is 2.03 bits per heavy atom. The van der Waals surface area contributed by atoms with E-state index < -0.39 is 5.60 Å². The van der Waals surface area contributed by atoms with Gasteiger partial charge in [-0.05, 0) is 57.2 Å². The van der Waals surface area contributed by atoms with E-state index in [4.69, 9.17) is 22.1 Å². The van der Waals surface area contributed by atoms with Crippen molar-refractivity contribution in [3.05, 3.63) is 40.5 Å². The van der Waals surface area contributed by atoms with Crippen molar-refractivity contribution in [3.63, 3.8) is 0 Å². The van der Waals surface area contributed by atoms with E-state index in [1.165, 1.54) is 0 Å². The highest BCUT2D eigenvalue weighted by Crippen LogP contribution is 2.36. The third-order valence-corrected chi connectivity index (χ3v) is 6.45. The van der Waals surface area contributed by atoms with Crippen molar-refractivity contribution in [2.45, 2.75) is 51.2 Å². The Balaban J connectivity index is 1.64. The Kier molecular flexibility index (Phi) is 6.55. The average Bonchev–Trinajstić information content (AvgIpc) is 3.05. The van der Waals surface area contributed by atoms with Crippen LogP contribution in [0.1, 0.15) is 49.9 Å². The van der Waals surface area contributed by atoms with Crippen LogP contribution >= 0.6 is 11.6 Å². The summed E-state index contributed by atoms with van der Waals surface area (Å²) in [7, 11) is 0. The van der Waals surface area contributed by atoms with Crippen LogP contribution in [0.15, 0.2) is 24.3 Å². The Hall–Kier alpha value is -2.09. The Morgan fingerprint density at radius 1 is 1.19 bits per heavy atom. The fourth-order valence-electron chi connectivity index (χ4n) is 4.61. The molecule has 0 spiro atoms. The molecule has 2 aliphatic rings. The summed E-state index contributed by atoms with van der Waals surface area (Å²) in [5.41, 5.74) is 8.12. The predicted molar refractivity (Wildman–Crippen MR) is 125 cm³/mol. The van der Waals surface area contributed by atoms with Gasteiger partial charge in [0.25, 0.3) is 0 Å². The summed E-state index contributed by atoms with van der Waals surface area (Å²) in [6, 6.07) is 8.09. The molecule has 168 valence electrons. The van der Waals surface area contributed by atoms with Gasteiger partial charge in [0.2, 0.25) is 5.95 Å². The summed E-state index contributed by atoms with van der Waals surface area (Å²) in [6.45, 7) is 7.39. The molecule has 7 nitrogen and oxygen atoms in total. The number of benzene rings is 1. The lowest BCUT2D eigenvalue weighted by molar-refractivity contribution is 0.0613. The smallest absolute Gasteiger partial charge is 0.222 e. The highest BCUT2D eigenvalue weighted by atomic mass is 35.5. The van der Waals surface area contributed by atoms with Crippen LogP contribution < -0.4 is 15.5 Å². The van der Waals surface area contributed by atoms with Gasteiger partial charge in [-0.3, -0.25) is 0 Å². The van der Waals surface area contributed by atoms with E-state index in [0.29, 0.717) is 24.8 Å². The van der Waals surface area contributed by atoms with Crippen LogP contribution in [-0.2, 0) is 4.74 Å². The van der Waals surface area contributed by atoms with Gasteiger partial charge in [-0.15, -0.1) is 0 Å². The quantitative estimate of drug-likeness (QED) is 0.744. The molecular formula is C23H32ClN5O2. The molecule has 8 heteroatoms. The van der Waals surface area contributed by atoms with Crippen molar-refractivity contribution < 1.29 is 9.84 Å². The lowest BCUT2D eigenvalue weighted by Crippen LogP contribution is -2.39. The second kappa shape index (κ2) is 9.18. The van der Waals surface area contributed by atoms with E-state index in [1.54, 1.807) is 0 Å². The third-order valence-electron chi connectivity index (χ3n) is 6.12. The van der Waals surface area contributed by atoms with Crippen LogP contribution in [0, 0.1) is 6.92 Å². The van der Waals surface area contributed by atoms with E-state index in [2.05, 4.69) is 31.9 Å². The molecule has 0 amide bonds. The van der Waals surface area contributed by atoms with E-state index in [0.717, 1.165) is 61.5 Å². The van der Waals surface area contributed by atoms with Gasteiger partial charge in [0.15, 0.2) is 0 Å². The van der Waals surface area contributed by atoms with Crippen molar-refractivity contribution in [1.82, 2.24) is 9.97 Å². The second-order valence-electron chi connectivity index (χ2n) is 8.94. The van der Waals surface area contributed by atoms with Crippen LogP contribution in [0.2, 0.25) is 5.02 Å². The maximum atomic E-state index is 10.6. The summed E-state index contributed by atoms with van der Waals surface area (Å²) >= 11 is 6.83. The molecule has 0 bridgehead atoms. The fourth-order valence-corrected chi connectivity index (χ4v) is 4.91. The summed E-state index contributed by atoms with van der Waals surface area (Å²) in [6.07, 6.45) is 3.82. The van der Waals surface area contributed by atoms with E-state index >= 15 is 0 Å². The van der Waals surface area contributed by atoms with Crippen LogP contribution in [0.5, 0.6) is 0 Å². The number of anilines is 3. The summed E-state index contributed by atoms with van der Waals surface area (Å²) < 4.78 is 5.90. The molecule has 0 aliphatic carbocycles. The molecule has 4 rings (SSSR count).